The second-order valence-corrected chi connectivity index (χ2v) is 13.5. The lowest BCUT2D eigenvalue weighted by atomic mass is 9.78. The Morgan fingerprint density at radius 2 is 2.00 bits per heavy atom. The second kappa shape index (κ2) is 6.65. The molecule has 0 spiro atoms. The van der Waals surface area contributed by atoms with Crippen molar-refractivity contribution >= 4 is 8.32 Å². The normalized spacial score (nSPS) is 18.3. The summed E-state index contributed by atoms with van der Waals surface area (Å²) >= 11 is 0. The van der Waals surface area contributed by atoms with Gasteiger partial charge < -0.3 is 8.99 Å². The first-order chi connectivity index (χ1) is 10.5. The van der Waals surface area contributed by atoms with Crippen molar-refractivity contribution in [3.63, 3.8) is 0 Å². The minimum absolute atomic E-state index is 0.122. The number of aryl methyl sites for hydroxylation is 1. The van der Waals surface area contributed by atoms with E-state index in [0.717, 1.165) is 25.3 Å². The molecule has 0 radical (unpaired) electrons. The topological polar surface area (TPSA) is 43.2 Å². The van der Waals surface area contributed by atoms with Gasteiger partial charge >= 0.3 is 0 Å². The summed E-state index contributed by atoms with van der Waals surface area (Å²) in [5.74, 6) is 1.01. The van der Waals surface area contributed by atoms with Crippen LogP contribution in [0.4, 0.5) is 0 Å². The molecule has 0 bridgehead atoms. The third-order valence-corrected chi connectivity index (χ3v) is 10.3. The van der Waals surface area contributed by atoms with Crippen LogP contribution in [0.3, 0.4) is 0 Å². The van der Waals surface area contributed by atoms with Crippen molar-refractivity contribution in [2.75, 3.05) is 13.6 Å². The van der Waals surface area contributed by atoms with Gasteiger partial charge in [0, 0.05) is 13.6 Å². The van der Waals surface area contributed by atoms with Gasteiger partial charge in [-0.1, -0.05) is 20.8 Å². The quantitative estimate of drug-likeness (QED) is 0.713. The monoisotopic (exact) mass is 338 g/mol. The predicted octanol–water partition coefficient (Wildman–Crippen LogP) is 3.58. The van der Waals surface area contributed by atoms with Crippen LogP contribution in [0.25, 0.3) is 0 Å². The maximum atomic E-state index is 6.81. The predicted molar refractivity (Wildman–Crippen MR) is 96.8 cm³/mol. The maximum absolute atomic E-state index is 6.81. The molecule has 0 amide bonds. The first-order valence-corrected chi connectivity index (χ1v) is 11.7. The molecule has 2 rings (SSSR count). The smallest absolute Gasteiger partial charge is 0.192 e. The van der Waals surface area contributed by atoms with E-state index in [1.807, 2.05) is 11.6 Å². The third kappa shape index (κ3) is 4.42. The van der Waals surface area contributed by atoms with Crippen molar-refractivity contribution in [2.45, 2.75) is 76.7 Å². The van der Waals surface area contributed by atoms with E-state index in [2.05, 4.69) is 56.0 Å². The van der Waals surface area contributed by atoms with Gasteiger partial charge in [-0.2, -0.15) is 0 Å². The van der Waals surface area contributed by atoms with Crippen LogP contribution >= 0.6 is 0 Å². The van der Waals surface area contributed by atoms with Gasteiger partial charge in [-0.25, -0.2) is 0 Å². The average molecular weight is 339 g/mol. The summed E-state index contributed by atoms with van der Waals surface area (Å²) in [6.07, 6.45) is 6.63. The molecule has 23 heavy (non-hydrogen) atoms. The van der Waals surface area contributed by atoms with E-state index >= 15 is 0 Å². The summed E-state index contributed by atoms with van der Waals surface area (Å²) in [7, 11) is 2.46. The molecule has 1 saturated carbocycles. The summed E-state index contributed by atoms with van der Waals surface area (Å²) < 4.78 is 8.80. The van der Waals surface area contributed by atoms with Crippen LogP contribution in [0.2, 0.25) is 18.1 Å². The molecule has 0 aromatic carbocycles. The fourth-order valence-corrected chi connectivity index (χ4v) is 4.53. The summed E-state index contributed by atoms with van der Waals surface area (Å²) in [5.41, 5.74) is 0.122. The Kier molecular flexibility index (Phi) is 5.38. The summed E-state index contributed by atoms with van der Waals surface area (Å²) in [5, 5.41) is 8.40. The summed E-state index contributed by atoms with van der Waals surface area (Å²) in [4.78, 5) is 2.33. The first-order valence-electron chi connectivity index (χ1n) is 8.76. The van der Waals surface area contributed by atoms with E-state index in [4.69, 9.17) is 4.43 Å². The Morgan fingerprint density at radius 3 is 2.43 bits per heavy atom. The van der Waals surface area contributed by atoms with E-state index in [-0.39, 0.29) is 10.6 Å². The zero-order valence-corrected chi connectivity index (χ0v) is 17.0. The zero-order chi connectivity index (χ0) is 17.3. The van der Waals surface area contributed by atoms with Crippen molar-refractivity contribution in [3.8, 4) is 0 Å². The molecule has 1 heterocycles. The Hall–Kier alpha value is -0.723. The van der Waals surface area contributed by atoms with Gasteiger partial charge in [-0.05, 0) is 50.9 Å². The van der Waals surface area contributed by atoms with Gasteiger partial charge in [0.05, 0.1) is 12.1 Å². The van der Waals surface area contributed by atoms with E-state index in [1.54, 1.807) is 6.33 Å². The zero-order valence-electron chi connectivity index (χ0n) is 16.0. The highest BCUT2D eigenvalue weighted by Gasteiger charge is 2.47. The van der Waals surface area contributed by atoms with Crippen molar-refractivity contribution in [1.29, 1.82) is 0 Å². The minimum atomic E-state index is -1.70. The lowest BCUT2D eigenvalue weighted by Crippen LogP contribution is -2.53. The van der Waals surface area contributed by atoms with E-state index in [0.29, 0.717) is 0 Å². The van der Waals surface area contributed by atoms with Gasteiger partial charge in [0.15, 0.2) is 8.32 Å². The highest BCUT2D eigenvalue weighted by molar-refractivity contribution is 6.74. The molecule has 132 valence electrons. The average Bonchev–Trinajstić information content (AvgIpc) is 2.77. The van der Waals surface area contributed by atoms with Crippen LogP contribution in [0.15, 0.2) is 6.33 Å². The molecule has 1 fully saturated rings. The van der Waals surface area contributed by atoms with Crippen LogP contribution < -0.4 is 0 Å². The summed E-state index contributed by atoms with van der Waals surface area (Å²) in [6.45, 7) is 13.6. The first kappa shape index (κ1) is 18.6. The molecule has 1 aliphatic rings. The van der Waals surface area contributed by atoms with Crippen LogP contribution in [0.5, 0.6) is 0 Å². The molecular formula is C17H34N4OSi. The van der Waals surface area contributed by atoms with Crippen molar-refractivity contribution in [2.24, 2.45) is 7.05 Å². The Bertz CT molecular complexity index is 517. The minimum Gasteiger partial charge on any atom is -0.411 e. The van der Waals surface area contributed by atoms with Gasteiger partial charge in [0.2, 0.25) is 0 Å². The van der Waals surface area contributed by atoms with E-state index < -0.39 is 8.32 Å². The van der Waals surface area contributed by atoms with Crippen LogP contribution in [0, 0.1) is 0 Å². The van der Waals surface area contributed by atoms with Crippen molar-refractivity contribution in [1.82, 2.24) is 19.7 Å². The molecule has 0 N–H and O–H groups in total. The molecule has 0 atom stereocenters. The number of hydrogen-bond donors (Lipinski definition) is 0. The fourth-order valence-electron chi connectivity index (χ4n) is 2.83. The standard InChI is InChI=1S/C17H34N4OSi/c1-16(2,3)23(6,7)22-17(9-8-10-17)11-12-20(4)13-15-19-18-14-21(15)5/h14H,8-13H2,1-7H3. The van der Waals surface area contributed by atoms with Crippen LogP contribution in [-0.2, 0) is 18.0 Å². The van der Waals surface area contributed by atoms with Gasteiger partial charge in [-0.3, -0.25) is 4.90 Å². The number of nitrogens with zero attached hydrogens (tertiary/aromatic N) is 4. The largest absolute Gasteiger partial charge is 0.411 e. The molecule has 5 nitrogen and oxygen atoms in total. The molecule has 0 unspecified atom stereocenters. The molecule has 0 saturated heterocycles. The molecule has 0 aliphatic heterocycles. The molecule has 1 aromatic rings. The molecule has 1 aliphatic carbocycles. The SMILES string of the molecule is CN(CCC1(O[Si](C)(C)C(C)(C)C)CCC1)Cc1nncn1C. The number of aromatic nitrogens is 3. The Morgan fingerprint density at radius 1 is 1.35 bits per heavy atom. The fraction of sp³-hybridized carbons (Fsp3) is 0.882. The summed E-state index contributed by atoms with van der Waals surface area (Å²) in [6, 6.07) is 0. The van der Waals surface area contributed by atoms with Crippen molar-refractivity contribution < 1.29 is 4.43 Å². The Labute approximate surface area is 142 Å². The van der Waals surface area contributed by atoms with Gasteiger partial charge in [0.1, 0.15) is 12.2 Å². The van der Waals surface area contributed by atoms with Crippen LogP contribution in [-0.4, -0.2) is 47.2 Å². The lowest BCUT2D eigenvalue weighted by molar-refractivity contribution is -0.0330. The number of rotatable bonds is 7. The van der Waals surface area contributed by atoms with Crippen LogP contribution in [0.1, 0.15) is 52.3 Å². The Balaban J connectivity index is 1.90. The van der Waals surface area contributed by atoms with Gasteiger partial charge in [-0.15, -0.1) is 10.2 Å². The second-order valence-electron chi connectivity index (χ2n) is 8.74. The van der Waals surface area contributed by atoms with E-state index in [1.165, 1.54) is 19.3 Å². The molecule has 1 aromatic heterocycles. The highest BCUT2D eigenvalue weighted by Crippen LogP contribution is 2.46. The van der Waals surface area contributed by atoms with Gasteiger partial charge in [0.25, 0.3) is 0 Å². The lowest BCUT2D eigenvalue weighted by Gasteiger charge is -2.51. The maximum Gasteiger partial charge on any atom is 0.192 e. The van der Waals surface area contributed by atoms with Crippen molar-refractivity contribution in [3.05, 3.63) is 12.2 Å². The molecule has 6 heteroatoms. The number of hydrogen-bond acceptors (Lipinski definition) is 4. The third-order valence-electron chi connectivity index (χ3n) is 5.71. The molecular weight excluding hydrogens is 304 g/mol. The van der Waals surface area contributed by atoms with E-state index in [9.17, 15) is 0 Å². The highest BCUT2D eigenvalue weighted by atomic mass is 28.4.